The number of rotatable bonds is 3. The fourth-order valence-electron chi connectivity index (χ4n) is 0.723. The fourth-order valence-corrected chi connectivity index (χ4v) is 0.723. The molecule has 0 fully saturated rings. The molecule has 0 atom stereocenters. The van der Waals surface area contributed by atoms with Crippen molar-refractivity contribution >= 4 is 5.84 Å². The molecule has 0 aromatic carbocycles. The minimum Gasteiger partial charge on any atom is -0.466 e. The second-order valence-electron chi connectivity index (χ2n) is 2.92. The van der Waals surface area contributed by atoms with E-state index < -0.39 is 12.7 Å². The molecule has 0 saturated carbocycles. The van der Waals surface area contributed by atoms with Gasteiger partial charge in [0.25, 0.3) is 0 Å². The summed E-state index contributed by atoms with van der Waals surface area (Å²) in [5.41, 5.74) is 0. The van der Waals surface area contributed by atoms with Crippen LogP contribution in [-0.4, -0.2) is 24.6 Å². The quantitative estimate of drug-likeness (QED) is 0.418. The molecule has 1 radical (unpaired) electrons. The van der Waals surface area contributed by atoms with E-state index in [4.69, 9.17) is 0 Å². The van der Waals surface area contributed by atoms with E-state index in [2.05, 4.69) is 10.3 Å². The van der Waals surface area contributed by atoms with E-state index in [0.29, 0.717) is 6.42 Å². The summed E-state index contributed by atoms with van der Waals surface area (Å²) in [6.45, 7) is 4.21. The van der Waals surface area contributed by atoms with Crippen LogP contribution in [0.15, 0.2) is 4.99 Å². The van der Waals surface area contributed by atoms with Crippen molar-refractivity contribution in [1.82, 2.24) is 0 Å². The largest absolute Gasteiger partial charge is 0.466 e. The molecule has 0 amide bonds. The number of aliphatic imine (C=N–C) groups is 1. The molecule has 0 aliphatic heterocycles. The fraction of sp³-hybridized carbons (Fsp3) is 0.875. The summed E-state index contributed by atoms with van der Waals surface area (Å²) in [5, 5.41) is 3.38. The smallest absolute Gasteiger partial charge is 0.388 e. The summed E-state index contributed by atoms with van der Waals surface area (Å²) in [6, 6.07) is -0.00747. The predicted molar refractivity (Wildman–Crippen MR) is 47.1 cm³/mol. The van der Waals surface area contributed by atoms with Crippen LogP contribution in [0.1, 0.15) is 27.2 Å². The molecule has 0 aromatic heterocycles. The number of amidine groups is 1. The van der Waals surface area contributed by atoms with Crippen LogP contribution in [0.5, 0.6) is 0 Å². The van der Waals surface area contributed by atoms with E-state index in [0.717, 1.165) is 0 Å². The first-order chi connectivity index (χ1) is 5.85. The summed E-state index contributed by atoms with van der Waals surface area (Å²) >= 11 is 0. The van der Waals surface area contributed by atoms with Crippen LogP contribution >= 0.6 is 0 Å². The van der Waals surface area contributed by atoms with Gasteiger partial charge in [-0.1, -0.05) is 26.6 Å². The molecule has 0 saturated heterocycles. The molecule has 14 heavy (non-hydrogen) atoms. The molecule has 0 aliphatic carbocycles. The van der Waals surface area contributed by atoms with Gasteiger partial charge in [0.15, 0.2) is 0 Å². The Morgan fingerprint density at radius 1 is 1.36 bits per heavy atom. The molecule has 0 unspecified atom stereocenters. The first-order valence-corrected chi connectivity index (χ1v) is 4.16. The Morgan fingerprint density at radius 3 is 2.14 bits per heavy atom. The Hall–Kier alpha value is -0.221. The summed E-state index contributed by atoms with van der Waals surface area (Å²) in [4.78, 5) is 3.95. The maximum absolute atomic E-state index is 11.7. The van der Waals surface area contributed by atoms with Crippen LogP contribution in [0.4, 0.5) is 13.2 Å². The van der Waals surface area contributed by atoms with Crippen molar-refractivity contribution in [3.05, 3.63) is 5.32 Å². The first kappa shape index (κ1) is 16.2. The molecule has 0 rings (SSSR count). The predicted octanol–water partition coefficient (Wildman–Crippen LogP) is 3.14. The Kier molecular flexibility index (Phi) is 8.25. The van der Waals surface area contributed by atoms with Crippen molar-refractivity contribution < 1.29 is 30.2 Å². The van der Waals surface area contributed by atoms with Crippen molar-refractivity contribution in [2.24, 2.45) is 4.99 Å². The standard InChI is InChI=1S/C8H14F3N2.Mn/c1-4-7(13-6(2)3)12-5-8(9,10)11;/h6H,4-5H2,1-3H3;/q-1;. The molecular weight excluding hydrogens is 236 g/mol. The van der Waals surface area contributed by atoms with Gasteiger partial charge in [-0.15, -0.1) is 0 Å². The normalized spacial score (nSPS) is 12.6. The third kappa shape index (κ3) is 9.86. The summed E-state index contributed by atoms with van der Waals surface area (Å²) < 4.78 is 35.2. The zero-order chi connectivity index (χ0) is 10.5. The average molecular weight is 250 g/mol. The van der Waals surface area contributed by atoms with Crippen molar-refractivity contribution in [3.63, 3.8) is 0 Å². The minimum atomic E-state index is -4.23. The Bertz CT molecular complexity index is 178. The monoisotopic (exact) mass is 250 g/mol. The number of halogens is 3. The van der Waals surface area contributed by atoms with Gasteiger partial charge in [-0.05, 0) is 12.5 Å². The SMILES string of the molecule is CCC(=NC(C)C)[N-]CC(F)(F)F.[Mn]. The van der Waals surface area contributed by atoms with Crippen LogP contribution in [0, 0.1) is 0 Å². The molecule has 0 spiro atoms. The molecule has 0 aromatic rings. The van der Waals surface area contributed by atoms with Crippen LogP contribution in [-0.2, 0) is 17.1 Å². The molecule has 0 heterocycles. The molecular formula is C8H14F3MnN2-. The van der Waals surface area contributed by atoms with E-state index in [1.165, 1.54) is 0 Å². The molecule has 85 valence electrons. The van der Waals surface area contributed by atoms with E-state index in [-0.39, 0.29) is 28.9 Å². The summed E-state index contributed by atoms with van der Waals surface area (Å²) in [6.07, 6.45) is -3.79. The number of nitrogens with zero attached hydrogens (tertiary/aromatic N) is 2. The van der Waals surface area contributed by atoms with Crippen molar-refractivity contribution in [2.75, 3.05) is 6.54 Å². The van der Waals surface area contributed by atoms with Gasteiger partial charge in [0.05, 0.1) is 0 Å². The van der Waals surface area contributed by atoms with Crippen LogP contribution in [0.25, 0.3) is 5.32 Å². The minimum absolute atomic E-state index is 0. The van der Waals surface area contributed by atoms with Gasteiger partial charge in [0.2, 0.25) is 0 Å². The van der Waals surface area contributed by atoms with E-state index in [9.17, 15) is 13.2 Å². The Balaban J connectivity index is 0. The number of alkyl halides is 3. The number of hydrogen-bond acceptors (Lipinski definition) is 1. The summed E-state index contributed by atoms with van der Waals surface area (Å²) in [5.74, 6) is 0.285. The second-order valence-corrected chi connectivity index (χ2v) is 2.92. The summed E-state index contributed by atoms with van der Waals surface area (Å²) in [7, 11) is 0. The molecule has 2 nitrogen and oxygen atoms in total. The average Bonchev–Trinajstić information content (AvgIpc) is 1.95. The van der Waals surface area contributed by atoms with Gasteiger partial charge in [0.1, 0.15) is 0 Å². The molecule has 0 N–H and O–H groups in total. The van der Waals surface area contributed by atoms with Gasteiger partial charge >= 0.3 is 6.18 Å². The van der Waals surface area contributed by atoms with Crippen molar-refractivity contribution in [1.29, 1.82) is 0 Å². The van der Waals surface area contributed by atoms with Gasteiger partial charge in [-0.2, -0.15) is 13.2 Å². The second kappa shape index (κ2) is 7.12. The van der Waals surface area contributed by atoms with Crippen molar-refractivity contribution in [3.8, 4) is 0 Å². The third-order valence-electron chi connectivity index (χ3n) is 1.16. The van der Waals surface area contributed by atoms with E-state index in [1.54, 1.807) is 20.8 Å². The Labute approximate surface area is 92.8 Å². The third-order valence-corrected chi connectivity index (χ3v) is 1.16. The van der Waals surface area contributed by atoms with E-state index >= 15 is 0 Å². The topological polar surface area (TPSA) is 26.5 Å². The van der Waals surface area contributed by atoms with Gasteiger partial charge in [-0.25, -0.2) is 0 Å². The zero-order valence-corrected chi connectivity index (χ0v) is 9.58. The maximum Gasteiger partial charge on any atom is 0.388 e. The Morgan fingerprint density at radius 2 is 1.86 bits per heavy atom. The molecule has 0 aliphatic rings. The molecule has 6 heteroatoms. The van der Waals surface area contributed by atoms with Crippen LogP contribution in [0.2, 0.25) is 0 Å². The zero-order valence-electron chi connectivity index (χ0n) is 8.40. The van der Waals surface area contributed by atoms with Gasteiger partial charge < -0.3 is 10.3 Å². The van der Waals surface area contributed by atoms with Crippen molar-refractivity contribution in [2.45, 2.75) is 39.4 Å². The number of hydrogen-bond donors (Lipinski definition) is 0. The van der Waals surface area contributed by atoms with Gasteiger partial charge in [0, 0.05) is 23.6 Å². The molecule has 0 bridgehead atoms. The van der Waals surface area contributed by atoms with Crippen LogP contribution < -0.4 is 0 Å². The van der Waals surface area contributed by atoms with Crippen LogP contribution in [0.3, 0.4) is 0 Å². The first-order valence-electron chi connectivity index (χ1n) is 4.16. The van der Waals surface area contributed by atoms with Gasteiger partial charge in [-0.3, -0.25) is 0 Å². The maximum atomic E-state index is 11.7. The van der Waals surface area contributed by atoms with E-state index in [1.807, 2.05) is 0 Å².